The maximum absolute atomic E-state index is 12.1. The van der Waals surface area contributed by atoms with E-state index in [1.807, 2.05) is 30.3 Å². The molecule has 0 bridgehead atoms. The summed E-state index contributed by atoms with van der Waals surface area (Å²) in [6, 6.07) is 11.5. The molecule has 7 nitrogen and oxygen atoms in total. The van der Waals surface area contributed by atoms with Crippen molar-refractivity contribution in [3.8, 4) is 0 Å². The molecule has 0 saturated carbocycles. The molecule has 25 heavy (non-hydrogen) atoms. The molecule has 0 spiro atoms. The van der Waals surface area contributed by atoms with Crippen molar-refractivity contribution in [2.24, 2.45) is 0 Å². The molecular formula is C17H19N3O4S. The highest BCUT2D eigenvalue weighted by molar-refractivity contribution is 8.00. The Hall–Kier alpha value is -2.16. The van der Waals surface area contributed by atoms with E-state index in [1.54, 1.807) is 24.0 Å². The van der Waals surface area contributed by atoms with Gasteiger partial charge in [0, 0.05) is 18.9 Å². The zero-order valence-electron chi connectivity index (χ0n) is 13.8. The fraction of sp³-hybridized carbons (Fsp3) is 0.353. The van der Waals surface area contributed by atoms with E-state index in [1.165, 1.54) is 11.5 Å². The summed E-state index contributed by atoms with van der Waals surface area (Å²) in [5.74, 6) is 0.607. The van der Waals surface area contributed by atoms with Crippen LogP contribution in [0.3, 0.4) is 0 Å². The molecular weight excluding hydrogens is 342 g/mol. The fourth-order valence-corrected chi connectivity index (χ4v) is 3.42. The molecule has 132 valence electrons. The molecule has 1 fully saturated rings. The van der Waals surface area contributed by atoms with E-state index >= 15 is 0 Å². The Labute approximate surface area is 149 Å². The van der Waals surface area contributed by atoms with Crippen LogP contribution in [-0.4, -0.2) is 33.3 Å². The van der Waals surface area contributed by atoms with Gasteiger partial charge < -0.3 is 14.8 Å². The second-order valence-corrected chi connectivity index (χ2v) is 6.73. The van der Waals surface area contributed by atoms with Crippen molar-refractivity contribution in [3.63, 3.8) is 0 Å². The van der Waals surface area contributed by atoms with Crippen LogP contribution < -0.4 is 11.0 Å². The number of hydrogen-bond donors (Lipinski definition) is 1. The van der Waals surface area contributed by atoms with Crippen molar-refractivity contribution in [1.29, 1.82) is 0 Å². The number of ether oxygens (including phenoxy) is 2. The molecule has 2 aromatic rings. The van der Waals surface area contributed by atoms with Crippen molar-refractivity contribution >= 4 is 23.5 Å². The van der Waals surface area contributed by atoms with Gasteiger partial charge in [0.05, 0.1) is 13.2 Å². The molecule has 2 atom stereocenters. The van der Waals surface area contributed by atoms with Crippen LogP contribution in [0.25, 0.3) is 0 Å². The predicted molar refractivity (Wildman–Crippen MR) is 95.3 cm³/mol. The van der Waals surface area contributed by atoms with Crippen LogP contribution in [-0.2, 0) is 20.9 Å². The average molecular weight is 361 g/mol. The highest BCUT2D eigenvalue weighted by Gasteiger charge is 2.28. The smallest absolute Gasteiger partial charge is 0.351 e. The second-order valence-electron chi connectivity index (χ2n) is 5.54. The third-order valence-corrected chi connectivity index (χ3v) is 4.64. The Morgan fingerprint density at radius 3 is 2.92 bits per heavy atom. The van der Waals surface area contributed by atoms with Crippen molar-refractivity contribution in [2.45, 2.75) is 25.2 Å². The normalized spacial score (nSPS) is 19.7. The standard InChI is InChI=1S/C17H19N3O4S/c1-12(21)18-14-7-8-20(17(22)19-14)15-11-25-16(24-15)10-23-9-13-5-3-2-4-6-13/h2-8,15-16H,9-11H2,1H3,(H,18,19,21,22)/t15-,16-/m1/s1. The molecule has 0 aliphatic carbocycles. The van der Waals surface area contributed by atoms with Crippen LogP contribution in [0.5, 0.6) is 0 Å². The first-order valence-corrected chi connectivity index (χ1v) is 8.92. The number of amides is 1. The number of carbonyl (C=O) groups excluding carboxylic acids is 1. The predicted octanol–water partition coefficient (Wildman–Crippen LogP) is 2.01. The Bertz CT molecular complexity index is 781. The van der Waals surface area contributed by atoms with Gasteiger partial charge in [-0.2, -0.15) is 4.98 Å². The van der Waals surface area contributed by atoms with E-state index in [0.29, 0.717) is 19.0 Å². The third-order valence-electron chi connectivity index (χ3n) is 3.54. The minimum atomic E-state index is -0.456. The van der Waals surface area contributed by atoms with Gasteiger partial charge in [0.2, 0.25) is 5.91 Å². The molecule has 1 amide bonds. The molecule has 2 heterocycles. The molecule has 3 rings (SSSR count). The number of rotatable bonds is 6. The number of thioether (sulfide) groups is 1. The molecule has 1 aliphatic heterocycles. The van der Waals surface area contributed by atoms with Crippen LogP contribution in [0, 0.1) is 0 Å². The summed E-state index contributed by atoms with van der Waals surface area (Å²) in [5.41, 5.74) is 0.523. The number of benzene rings is 1. The average Bonchev–Trinajstić information content (AvgIpc) is 3.04. The molecule has 1 N–H and O–H groups in total. The SMILES string of the molecule is CC(=O)Nc1ccn([C@H]2CS[C@H](COCc3ccccc3)O2)c(=O)n1. The first-order valence-electron chi connectivity index (χ1n) is 7.87. The van der Waals surface area contributed by atoms with E-state index in [9.17, 15) is 9.59 Å². The van der Waals surface area contributed by atoms with Gasteiger partial charge in [0.1, 0.15) is 17.5 Å². The summed E-state index contributed by atoms with van der Waals surface area (Å²) in [6.07, 6.45) is 1.20. The number of nitrogens with zero attached hydrogens (tertiary/aromatic N) is 2. The highest BCUT2D eigenvalue weighted by Crippen LogP contribution is 2.31. The molecule has 0 radical (unpaired) electrons. The van der Waals surface area contributed by atoms with Gasteiger partial charge in [-0.15, -0.1) is 11.8 Å². The zero-order valence-corrected chi connectivity index (χ0v) is 14.6. The van der Waals surface area contributed by atoms with Gasteiger partial charge in [0.25, 0.3) is 0 Å². The number of aromatic nitrogens is 2. The van der Waals surface area contributed by atoms with Crippen molar-refractivity contribution < 1.29 is 14.3 Å². The summed E-state index contributed by atoms with van der Waals surface area (Å²) in [4.78, 5) is 26.9. The quantitative estimate of drug-likeness (QED) is 0.847. The first kappa shape index (κ1) is 17.7. The zero-order chi connectivity index (χ0) is 17.6. The first-order chi connectivity index (χ1) is 12.1. The molecule has 1 aliphatic rings. The molecule has 8 heteroatoms. The largest absolute Gasteiger partial charge is 0.373 e. The lowest BCUT2D eigenvalue weighted by atomic mass is 10.2. The molecule has 1 aromatic carbocycles. The van der Waals surface area contributed by atoms with Crippen LogP contribution in [0.4, 0.5) is 5.82 Å². The van der Waals surface area contributed by atoms with Gasteiger partial charge in [-0.1, -0.05) is 30.3 Å². The summed E-state index contributed by atoms with van der Waals surface area (Å²) in [7, 11) is 0. The Morgan fingerprint density at radius 2 is 2.20 bits per heavy atom. The Kier molecular flexibility index (Phi) is 5.85. The second kappa shape index (κ2) is 8.28. The van der Waals surface area contributed by atoms with E-state index in [0.717, 1.165) is 5.56 Å². The maximum Gasteiger partial charge on any atom is 0.351 e. The number of hydrogen-bond acceptors (Lipinski definition) is 6. The van der Waals surface area contributed by atoms with Crippen LogP contribution in [0.15, 0.2) is 47.4 Å². The highest BCUT2D eigenvalue weighted by atomic mass is 32.2. The van der Waals surface area contributed by atoms with Gasteiger partial charge >= 0.3 is 5.69 Å². The third kappa shape index (κ3) is 4.91. The fourth-order valence-electron chi connectivity index (χ4n) is 2.41. The van der Waals surface area contributed by atoms with Crippen molar-refractivity contribution in [2.75, 3.05) is 17.7 Å². The monoisotopic (exact) mass is 361 g/mol. The lowest BCUT2D eigenvalue weighted by Crippen LogP contribution is -2.29. The minimum absolute atomic E-state index is 0.129. The molecule has 1 saturated heterocycles. The van der Waals surface area contributed by atoms with E-state index < -0.39 is 5.69 Å². The van der Waals surface area contributed by atoms with Crippen LogP contribution in [0.1, 0.15) is 18.7 Å². The molecule has 0 unspecified atom stereocenters. The summed E-state index contributed by atoms with van der Waals surface area (Å²) >= 11 is 1.60. The topological polar surface area (TPSA) is 82.5 Å². The van der Waals surface area contributed by atoms with E-state index in [4.69, 9.17) is 9.47 Å². The summed E-state index contributed by atoms with van der Waals surface area (Å²) in [6.45, 7) is 2.34. The van der Waals surface area contributed by atoms with E-state index in [-0.39, 0.29) is 23.4 Å². The lowest BCUT2D eigenvalue weighted by Gasteiger charge is -2.15. The van der Waals surface area contributed by atoms with Gasteiger partial charge in [0.15, 0.2) is 0 Å². The number of nitrogens with one attached hydrogen (secondary N) is 1. The number of anilines is 1. The van der Waals surface area contributed by atoms with Crippen LogP contribution in [0.2, 0.25) is 0 Å². The number of carbonyl (C=O) groups is 1. The van der Waals surface area contributed by atoms with Gasteiger partial charge in [-0.05, 0) is 11.6 Å². The molecule has 1 aromatic heterocycles. The summed E-state index contributed by atoms with van der Waals surface area (Å²) in [5, 5.41) is 2.49. The lowest BCUT2D eigenvalue weighted by molar-refractivity contribution is -0.114. The van der Waals surface area contributed by atoms with Gasteiger partial charge in [-0.3, -0.25) is 9.36 Å². The van der Waals surface area contributed by atoms with E-state index in [2.05, 4.69) is 10.3 Å². The minimum Gasteiger partial charge on any atom is -0.373 e. The van der Waals surface area contributed by atoms with Gasteiger partial charge in [-0.25, -0.2) is 4.79 Å². The van der Waals surface area contributed by atoms with Crippen LogP contribution >= 0.6 is 11.8 Å². The Morgan fingerprint density at radius 1 is 1.40 bits per heavy atom. The van der Waals surface area contributed by atoms with Crippen molar-refractivity contribution in [3.05, 3.63) is 58.6 Å². The summed E-state index contributed by atoms with van der Waals surface area (Å²) < 4.78 is 13.0. The maximum atomic E-state index is 12.1. The van der Waals surface area contributed by atoms with Crippen molar-refractivity contribution in [1.82, 2.24) is 9.55 Å². The Balaban J connectivity index is 1.52.